The fourth-order valence-corrected chi connectivity index (χ4v) is 0.992. The highest BCUT2D eigenvalue weighted by molar-refractivity contribution is 7.71. The Labute approximate surface area is 81.4 Å². The minimum Gasteiger partial charge on any atom is -0.341 e. The molecule has 13 heavy (non-hydrogen) atoms. The molecule has 0 aromatic carbocycles. The summed E-state index contributed by atoms with van der Waals surface area (Å²) in [5.41, 5.74) is 1.54. The topological polar surface area (TPSA) is 57.4 Å². The Morgan fingerprint density at radius 2 is 1.85 bits per heavy atom. The predicted molar refractivity (Wildman–Crippen MR) is 55.0 cm³/mol. The molecule has 0 amide bonds. The summed E-state index contributed by atoms with van der Waals surface area (Å²) in [6.45, 7) is 4.25. The van der Waals surface area contributed by atoms with E-state index in [1.54, 1.807) is 6.33 Å². The Bertz CT molecular complexity index is 417. The average Bonchev–Trinajstić information content (AvgIpc) is 2.54. The Morgan fingerprint density at radius 3 is 2.46 bits per heavy atom. The van der Waals surface area contributed by atoms with E-state index in [0.717, 1.165) is 11.2 Å². The fourth-order valence-electron chi connectivity index (χ4n) is 0.783. The number of aromatic amines is 2. The van der Waals surface area contributed by atoms with E-state index in [1.165, 1.54) is 12.7 Å². The minimum absolute atomic E-state index is 0.547. The monoisotopic (exact) mass is 196 g/mol. The van der Waals surface area contributed by atoms with E-state index in [2.05, 4.69) is 33.8 Å². The number of H-pyrrole nitrogens is 2. The molecule has 70 valence electrons. The van der Waals surface area contributed by atoms with E-state index >= 15 is 0 Å². The highest BCUT2D eigenvalue weighted by atomic mass is 32.1. The van der Waals surface area contributed by atoms with Crippen LogP contribution in [0.2, 0.25) is 0 Å². The van der Waals surface area contributed by atoms with Gasteiger partial charge < -0.3 is 9.97 Å². The molecule has 0 saturated heterocycles. The van der Waals surface area contributed by atoms with Gasteiger partial charge in [0.1, 0.15) is 5.52 Å². The molecule has 2 N–H and O–H groups in total. The molecule has 4 nitrogen and oxygen atoms in total. The molecular weight excluding hydrogens is 184 g/mol. The van der Waals surface area contributed by atoms with E-state index in [0.29, 0.717) is 4.64 Å². The van der Waals surface area contributed by atoms with Gasteiger partial charge in [0.2, 0.25) is 0 Å². The molecule has 0 saturated carbocycles. The van der Waals surface area contributed by atoms with Crippen LogP contribution in [0.25, 0.3) is 11.2 Å². The van der Waals surface area contributed by atoms with Crippen molar-refractivity contribution in [1.82, 2.24) is 19.9 Å². The summed E-state index contributed by atoms with van der Waals surface area (Å²) in [5.74, 6) is 0. The molecule has 0 aliphatic rings. The maximum Gasteiger partial charge on any atom is 0.159 e. The standard InChI is InChI=1S/C5H4N4S.C3H8/c10-5-3-4(7-1-6-3)8-2-9-5;1-3-2/h1-2H,(H2,6,7,8,9,10);3H2,1-2H3. The van der Waals surface area contributed by atoms with Crippen LogP contribution in [0.1, 0.15) is 20.3 Å². The second-order valence-electron chi connectivity index (χ2n) is 2.54. The van der Waals surface area contributed by atoms with Gasteiger partial charge in [0.15, 0.2) is 10.3 Å². The van der Waals surface area contributed by atoms with Gasteiger partial charge in [0, 0.05) is 0 Å². The molecule has 0 unspecified atom stereocenters. The van der Waals surface area contributed by atoms with E-state index in [9.17, 15) is 0 Å². The van der Waals surface area contributed by atoms with E-state index < -0.39 is 0 Å². The first-order valence-electron chi connectivity index (χ1n) is 4.16. The van der Waals surface area contributed by atoms with Crippen LogP contribution in [0.4, 0.5) is 0 Å². The van der Waals surface area contributed by atoms with Gasteiger partial charge in [-0.3, -0.25) is 0 Å². The maximum absolute atomic E-state index is 4.91. The normalized spacial score (nSPS) is 9.38. The van der Waals surface area contributed by atoms with Crippen LogP contribution in [-0.2, 0) is 0 Å². The van der Waals surface area contributed by atoms with Crippen LogP contribution in [-0.4, -0.2) is 19.9 Å². The molecule has 2 rings (SSSR count). The summed E-state index contributed by atoms with van der Waals surface area (Å²) in [5, 5.41) is 0. The molecule has 2 heterocycles. The first-order valence-corrected chi connectivity index (χ1v) is 4.57. The molecule has 0 fully saturated rings. The average molecular weight is 196 g/mol. The van der Waals surface area contributed by atoms with Gasteiger partial charge in [-0.25, -0.2) is 9.97 Å². The number of nitrogens with one attached hydrogen (secondary N) is 2. The lowest BCUT2D eigenvalue weighted by Gasteiger charge is -1.84. The van der Waals surface area contributed by atoms with Crippen LogP contribution >= 0.6 is 12.2 Å². The molecule has 0 aliphatic heterocycles. The number of aromatic nitrogens is 4. The zero-order valence-corrected chi connectivity index (χ0v) is 8.48. The van der Waals surface area contributed by atoms with Gasteiger partial charge in [-0.1, -0.05) is 32.5 Å². The van der Waals surface area contributed by atoms with Gasteiger partial charge in [-0.05, 0) is 0 Å². The predicted octanol–water partition coefficient (Wildman–Crippen LogP) is 2.43. The summed E-state index contributed by atoms with van der Waals surface area (Å²) in [4.78, 5) is 13.6. The van der Waals surface area contributed by atoms with Crippen LogP contribution in [0, 0.1) is 4.64 Å². The van der Waals surface area contributed by atoms with Crippen molar-refractivity contribution in [2.24, 2.45) is 0 Å². The number of hydrogen-bond acceptors (Lipinski definition) is 3. The number of nitrogens with zero attached hydrogens (tertiary/aromatic N) is 2. The van der Waals surface area contributed by atoms with E-state index in [-0.39, 0.29) is 0 Å². The van der Waals surface area contributed by atoms with Crippen molar-refractivity contribution in [3.63, 3.8) is 0 Å². The van der Waals surface area contributed by atoms with Gasteiger partial charge in [0.25, 0.3) is 0 Å². The first-order chi connectivity index (χ1) is 6.29. The minimum atomic E-state index is 0.547. The molecule has 0 aliphatic carbocycles. The Hall–Kier alpha value is -1.23. The number of imidazole rings is 1. The third-order valence-corrected chi connectivity index (χ3v) is 1.55. The lowest BCUT2D eigenvalue weighted by molar-refractivity contribution is 1.09. The fraction of sp³-hybridized carbons (Fsp3) is 0.375. The van der Waals surface area contributed by atoms with Gasteiger partial charge >= 0.3 is 0 Å². The highest BCUT2D eigenvalue weighted by Gasteiger charge is 1.94. The van der Waals surface area contributed by atoms with Gasteiger partial charge in [-0.15, -0.1) is 0 Å². The molecular formula is C8H12N4S. The van der Waals surface area contributed by atoms with Crippen molar-refractivity contribution in [2.75, 3.05) is 0 Å². The Balaban J connectivity index is 0.000000251. The number of rotatable bonds is 0. The molecule has 2 aromatic heterocycles. The van der Waals surface area contributed by atoms with Crippen molar-refractivity contribution >= 4 is 23.4 Å². The van der Waals surface area contributed by atoms with Crippen molar-refractivity contribution in [3.05, 3.63) is 17.3 Å². The largest absolute Gasteiger partial charge is 0.341 e. The lowest BCUT2D eigenvalue weighted by atomic mass is 10.6. The van der Waals surface area contributed by atoms with E-state index in [4.69, 9.17) is 12.2 Å². The van der Waals surface area contributed by atoms with Crippen LogP contribution < -0.4 is 0 Å². The second-order valence-corrected chi connectivity index (χ2v) is 2.93. The second kappa shape index (κ2) is 4.71. The molecule has 0 bridgehead atoms. The zero-order valence-electron chi connectivity index (χ0n) is 7.66. The summed E-state index contributed by atoms with van der Waals surface area (Å²) < 4.78 is 0.547. The smallest absolute Gasteiger partial charge is 0.159 e. The summed E-state index contributed by atoms with van der Waals surface area (Å²) in [7, 11) is 0. The van der Waals surface area contributed by atoms with Crippen LogP contribution in [0.3, 0.4) is 0 Å². The first kappa shape index (κ1) is 9.85. The Morgan fingerprint density at radius 1 is 1.23 bits per heavy atom. The zero-order chi connectivity index (χ0) is 9.68. The lowest BCUT2D eigenvalue weighted by Crippen LogP contribution is -1.80. The maximum atomic E-state index is 4.91. The SMILES string of the molecule is CCC.S=c1nc[nH]c2nc[nH]c12. The van der Waals surface area contributed by atoms with Crippen molar-refractivity contribution in [1.29, 1.82) is 0 Å². The summed E-state index contributed by atoms with van der Waals surface area (Å²) in [6.07, 6.45) is 4.37. The molecule has 0 radical (unpaired) electrons. The Kier molecular flexibility index (Phi) is 3.57. The van der Waals surface area contributed by atoms with Crippen LogP contribution in [0.5, 0.6) is 0 Å². The number of fused-ring (bicyclic) bond motifs is 1. The number of hydrogen-bond donors (Lipinski definition) is 2. The van der Waals surface area contributed by atoms with Gasteiger partial charge in [0.05, 0.1) is 12.7 Å². The third kappa shape index (κ3) is 2.35. The molecule has 5 heteroatoms. The van der Waals surface area contributed by atoms with E-state index in [1.807, 2.05) is 0 Å². The quantitative estimate of drug-likeness (QED) is 0.636. The molecule has 0 spiro atoms. The molecule has 2 aromatic rings. The van der Waals surface area contributed by atoms with Crippen LogP contribution in [0.15, 0.2) is 12.7 Å². The van der Waals surface area contributed by atoms with Crippen molar-refractivity contribution < 1.29 is 0 Å². The van der Waals surface area contributed by atoms with Crippen molar-refractivity contribution in [3.8, 4) is 0 Å². The molecule has 0 atom stereocenters. The van der Waals surface area contributed by atoms with Crippen molar-refractivity contribution in [2.45, 2.75) is 20.3 Å². The van der Waals surface area contributed by atoms with Gasteiger partial charge in [-0.2, -0.15) is 0 Å². The highest BCUT2D eigenvalue weighted by Crippen LogP contribution is 2.02. The summed E-state index contributed by atoms with van der Waals surface area (Å²) in [6, 6.07) is 0. The third-order valence-electron chi connectivity index (χ3n) is 1.24. The summed E-state index contributed by atoms with van der Waals surface area (Å²) >= 11 is 4.91.